The summed E-state index contributed by atoms with van der Waals surface area (Å²) >= 11 is 0. The minimum atomic E-state index is -3.78. The molecule has 1 aromatic rings. The number of hydrogen-bond acceptors (Lipinski definition) is 4. The highest BCUT2D eigenvalue weighted by molar-refractivity contribution is 7.90. The Labute approximate surface area is 120 Å². The van der Waals surface area contributed by atoms with Gasteiger partial charge >= 0.3 is 10.2 Å². The number of rotatable bonds is 6. The summed E-state index contributed by atoms with van der Waals surface area (Å²) in [5.41, 5.74) is 0.365. The second kappa shape index (κ2) is 6.08. The average molecular weight is 321 g/mol. The molecule has 0 amide bonds. The molecule has 2 N–H and O–H groups in total. The lowest BCUT2D eigenvalue weighted by molar-refractivity contribution is 0.444. The predicted molar refractivity (Wildman–Crippen MR) is 78.1 cm³/mol. The van der Waals surface area contributed by atoms with Crippen molar-refractivity contribution in [3.8, 4) is 0 Å². The molecule has 114 valence electrons. The van der Waals surface area contributed by atoms with Crippen LogP contribution in [0.3, 0.4) is 0 Å². The van der Waals surface area contributed by atoms with E-state index >= 15 is 0 Å². The summed E-state index contributed by atoms with van der Waals surface area (Å²) in [6.45, 7) is 4.22. The first-order valence-corrected chi connectivity index (χ1v) is 8.95. The lowest BCUT2D eigenvalue weighted by atomic mass is 10.3. The van der Waals surface area contributed by atoms with Crippen LogP contribution >= 0.6 is 0 Å². The Hall–Kier alpha value is -1.16. The fraction of sp³-hybridized carbons (Fsp3) is 0.455. The Morgan fingerprint density at radius 1 is 1.00 bits per heavy atom. The largest absolute Gasteiger partial charge is 0.303 e. The van der Waals surface area contributed by atoms with E-state index in [0.29, 0.717) is 18.8 Å². The first kappa shape index (κ1) is 16.9. The van der Waals surface area contributed by atoms with E-state index in [1.165, 1.54) is 35.6 Å². The van der Waals surface area contributed by atoms with E-state index in [1.54, 1.807) is 13.8 Å². The summed E-state index contributed by atoms with van der Waals surface area (Å²) in [6.07, 6.45) is 0. The van der Waals surface area contributed by atoms with Gasteiger partial charge in [0, 0.05) is 20.1 Å². The molecule has 0 aromatic heterocycles. The van der Waals surface area contributed by atoms with Gasteiger partial charge in [-0.1, -0.05) is 13.8 Å². The zero-order chi connectivity index (χ0) is 15.6. The van der Waals surface area contributed by atoms with Gasteiger partial charge < -0.3 is 0 Å². The van der Waals surface area contributed by atoms with Crippen molar-refractivity contribution >= 4 is 25.9 Å². The zero-order valence-corrected chi connectivity index (χ0v) is 13.3. The third-order valence-corrected chi connectivity index (χ3v) is 5.91. The maximum atomic E-state index is 12.3. The first-order chi connectivity index (χ1) is 9.14. The standard InChI is InChI=1S/C11H19N3O4S2/c1-4-14(5-2)20(17,18)13(3)10-6-8-11(9-7-10)19(12,15)16/h6-9H,4-5H2,1-3H3,(H2,12,15,16). The molecule has 0 fully saturated rings. The minimum Gasteiger partial charge on any atom is -0.261 e. The summed E-state index contributed by atoms with van der Waals surface area (Å²) in [5.74, 6) is 0. The van der Waals surface area contributed by atoms with Crippen LogP contribution in [-0.2, 0) is 20.2 Å². The highest BCUT2D eigenvalue weighted by Gasteiger charge is 2.24. The highest BCUT2D eigenvalue weighted by atomic mass is 32.2. The Balaban J connectivity index is 3.13. The molecule has 0 saturated carbocycles. The Bertz CT molecular complexity index is 649. The molecule has 0 heterocycles. The SMILES string of the molecule is CCN(CC)S(=O)(=O)N(C)c1ccc(S(N)(=O)=O)cc1. The van der Waals surface area contributed by atoms with Crippen LogP contribution in [0.15, 0.2) is 29.2 Å². The summed E-state index contributed by atoms with van der Waals surface area (Å²) in [7, 11) is -5.99. The molecule has 0 bridgehead atoms. The molecule has 7 nitrogen and oxygen atoms in total. The maximum absolute atomic E-state index is 12.3. The summed E-state index contributed by atoms with van der Waals surface area (Å²) in [6, 6.07) is 5.36. The molecule has 1 aromatic carbocycles. The average Bonchev–Trinajstić information content (AvgIpc) is 2.38. The van der Waals surface area contributed by atoms with E-state index in [-0.39, 0.29) is 4.90 Å². The normalized spacial score (nSPS) is 12.7. The molecule has 0 spiro atoms. The topological polar surface area (TPSA) is 101 Å². The van der Waals surface area contributed by atoms with Crippen LogP contribution in [0.5, 0.6) is 0 Å². The first-order valence-electron chi connectivity index (χ1n) is 6.01. The molecule has 9 heteroatoms. The molecular weight excluding hydrogens is 302 g/mol. The van der Waals surface area contributed by atoms with Crippen LogP contribution in [0.2, 0.25) is 0 Å². The van der Waals surface area contributed by atoms with Gasteiger partial charge in [0.25, 0.3) is 0 Å². The van der Waals surface area contributed by atoms with Crippen molar-refractivity contribution in [3.05, 3.63) is 24.3 Å². The number of nitrogens with zero attached hydrogens (tertiary/aromatic N) is 2. The minimum absolute atomic E-state index is 0.0603. The van der Waals surface area contributed by atoms with Gasteiger partial charge in [-0.3, -0.25) is 4.31 Å². The second-order valence-corrected chi connectivity index (χ2v) is 7.62. The van der Waals surface area contributed by atoms with E-state index < -0.39 is 20.2 Å². The van der Waals surface area contributed by atoms with Crippen molar-refractivity contribution in [2.45, 2.75) is 18.7 Å². The second-order valence-electron chi connectivity index (χ2n) is 4.10. The van der Waals surface area contributed by atoms with Gasteiger partial charge in [0.1, 0.15) is 0 Å². The lowest BCUT2D eigenvalue weighted by Gasteiger charge is -2.27. The van der Waals surface area contributed by atoms with E-state index in [4.69, 9.17) is 5.14 Å². The number of sulfonamides is 1. The molecule has 0 unspecified atom stereocenters. The Morgan fingerprint density at radius 2 is 1.45 bits per heavy atom. The maximum Gasteiger partial charge on any atom is 0.303 e. The molecular formula is C11H19N3O4S2. The van der Waals surface area contributed by atoms with Crippen molar-refractivity contribution < 1.29 is 16.8 Å². The molecule has 0 aliphatic rings. The van der Waals surface area contributed by atoms with Gasteiger partial charge in [0.15, 0.2) is 0 Å². The number of hydrogen-bond donors (Lipinski definition) is 1. The quantitative estimate of drug-likeness (QED) is 0.817. The Morgan fingerprint density at radius 3 is 1.80 bits per heavy atom. The predicted octanol–water partition coefficient (Wildman–Crippen LogP) is 0.357. The number of benzene rings is 1. The van der Waals surface area contributed by atoms with Gasteiger partial charge in [-0.05, 0) is 24.3 Å². The smallest absolute Gasteiger partial charge is 0.261 e. The van der Waals surface area contributed by atoms with Crippen LogP contribution in [0.25, 0.3) is 0 Å². The zero-order valence-electron chi connectivity index (χ0n) is 11.6. The van der Waals surface area contributed by atoms with Crippen LogP contribution in [0, 0.1) is 0 Å². The summed E-state index contributed by atoms with van der Waals surface area (Å²) in [4.78, 5) is -0.0603. The molecule has 1 rings (SSSR count). The molecule has 20 heavy (non-hydrogen) atoms. The van der Waals surface area contributed by atoms with Crippen molar-refractivity contribution in [2.24, 2.45) is 5.14 Å². The molecule has 0 saturated heterocycles. The van der Waals surface area contributed by atoms with Gasteiger partial charge in [-0.25, -0.2) is 13.6 Å². The molecule has 0 aliphatic heterocycles. The van der Waals surface area contributed by atoms with Crippen LogP contribution in [-0.4, -0.2) is 41.3 Å². The van der Waals surface area contributed by atoms with Gasteiger partial charge in [-0.2, -0.15) is 12.7 Å². The van der Waals surface area contributed by atoms with Gasteiger partial charge in [0.05, 0.1) is 10.6 Å². The van der Waals surface area contributed by atoms with Crippen molar-refractivity contribution in [1.29, 1.82) is 0 Å². The third kappa shape index (κ3) is 3.48. The van der Waals surface area contributed by atoms with Gasteiger partial charge in [0.2, 0.25) is 10.0 Å². The monoisotopic (exact) mass is 321 g/mol. The van der Waals surface area contributed by atoms with E-state index in [2.05, 4.69) is 0 Å². The van der Waals surface area contributed by atoms with Gasteiger partial charge in [-0.15, -0.1) is 0 Å². The number of anilines is 1. The fourth-order valence-corrected chi connectivity index (χ4v) is 3.60. The highest BCUT2D eigenvalue weighted by Crippen LogP contribution is 2.20. The van der Waals surface area contributed by atoms with Crippen LogP contribution in [0.1, 0.15) is 13.8 Å². The van der Waals surface area contributed by atoms with Crippen molar-refractivity contribution in [1.82, 2.24) is 4.31 Å². The van der Waals surface area contributed by atoms with Crippen molar-refractivity contribution in [2.75, 3.05) is 24.4 Å². The summed E-state index contributed by atoms with van der Waals surface area (Å²) < 4.78 is 49.3. The van der Waals surface area contributed by atoms with Crippen LogP contribution < -0.4 is 9.44 Å². The van der Waals surface area contributed by atoms with E-state index in [1.807, 2.05) is 0 Å². The fourth-order valence-electron chi connectivity index (χ4n) is 1.70. The molecule has 0 atom stereocenters. The summed E-state index contributed by atoms with van der Waals surface area (Å²) in [5, 5.41) is 4.99. The third-order valence-electron chi connectivity index (χ3n) is 2.91. The van der Waals surface area contributed by atoms with E-state index in [9.17, 15) is 16.8 Å². The number of primary sulfonamides is 1. The Kier molecular flexibility index (Phi) is 5.14. The molecule has 0 aliphatic carbocycles. The van der Waals surface area contributed by atoms with Crippen molar-refractivity contribution in [3.63, 3.8) is 0 Å². The van der Waals surface area contributed by atoms with E-state index in [0.717, 1.165) is 4.31 Å². The number of nitrogens with two attached hydrogens (primary N) is 1. The lowest BCUT2D eigenvalue weighted by Crippen LogP contribution is -2.41. The van der Waals surface area contributed by atoms with Crippen LogP contribution in [0.4, 0.5) is 5.69 Å². The molecule has 0 radical (unpaired) electrons.